The molecule has 7 nitrogen and oxygen atoms in total. The van der Waals surface area contributed by atoms with Crippen molar-refractivity contribution in [2.45, 2.75) is 6.67 Å². The predicted molar refractivity (Wildman–Crippen MR) is 35.9 cm³/mol. The molecule has 2 rings (SSSR count). The number of hydrogen-bond acceptors (Lipinski definition) is 5. The van der Waals surface area contributed by atoms with Gasteiger partial charge in [0, 0.05) is 0 Å². The van der Waals surface area contributed by atoms with Gasteiger partial charge in [-0.2, -0.15) is 0 Å². The molecule has 1 aromatic heterocycles. The minimum absolute atomic E-state index is 0.304. The van der Waals surface area contributed by atoms with Gasteiger partial charge in [0.05, 0.1) is 6.54 Å². The minimum atomic E-state index is -0.327. The summed E-state index contributed by atoms with van der Waals surface area (Å²) in [6.07, 6.45) is 0.994. The summed E-state index contributed by atoms with van der Waals surface area (Å²) in [5.74, 6) is 0. The van der Waals surface area contributed by atoms with Crippen molar-refractivity contribution in [1.82, 2.24) is 25.1 Å². The summed E-state index contributed by atoms with van der Waals surface area (Å²) in [6, 6.07) is 0. The molecule has 0 saturated carbocycles. The Hall–Kier alpha value is -1.66. The first-order chi connectivity index (χ1) is 5.86. The van der Waals surface area contributed by atoms with Crippen molar-refractivity contribution in [3.63, 3.8) is 0 Å². The fourth-order valence-electron chi connectivity index (χ4n) is 0.960. The van der Waals surface area contributed by atoms with Crippen LogP contribution in [0.2, 0.25) is 0 Å². The van der Waals surface area contributed by atoms with E-state index < -0.39 is 0 Å². The predicted octanol–water partition coefficient (Wildman–Crippen LogP) is -0.917. The number of aromatic nitrogens is 4. The van der Waals surface area contributed by atoms with Crippen molar-refractivity contribution >= 4 is 6.09 Å². The fourth-order valence-corrected chi connectivity index (χ4v) is 0.960. The maximum atomic E-state index is 10.9. The highest BCUT2D eigenvalue weighted by Crippen LogP contribution is 2.02. The van der Waals surface area contributed by atoms with E-state index in [1.54, 1.807) is 0 Å². The van der Waals surface area contributed by atoms with Crippen molar-refractivity contribution in [1.29, 1.82) is 0 Å². The summed E-state index contributed by atoms with van der Waals surface area (Å²) in [5, 5.41) is 10.9. The molecule has 0 bridgehead atoms. The van der Waals surface area contributed by atoms with Gasteiger partial charge in [0.1, 0.15) is 13.3 Å². The second kappa shape index (κ2) is 2.76. The number of carbonyl (C=O) groups is 1. The largest absolute Gasteiger partial charge is 0.447 e. The van der Waals surface area contributed by atoms with Gasteiger partial charge in [-0.1, -0.05) is 0 Å². The molecule has 12 heavy (non-hydrogen) atoms. The Labute approximate surface area is 67.9 Å². The van der Waals surface area contributed by atoms with E-state index in [1.807, 2.05) is 0 Å². The van der Waals surface area contributed by atoms with Crippen LogP contribution in [-0.2, 0) is 11.4 Å². The molecule has 0 spiro atoms. The second-order valence-electron chi connectivity index (χ2n) is 2.33. The molecule has 0 aliphatic carbocycles. The first-order valence-electron chi connectivity index (χ1n) is 3.49. The zero-order chi connectivity index (χ0) is 8.39. The maximum absolute atomic E-state index is 10.9. The number of ether oxygens (including phenoxy) is 1. The van der Waals surface area contributed by atoms with Crippen LogP contribution in [0.5, 0.6) is 0 Å². The van der Waals surface area contributed by atoms with E-state index in [-0.39, 0.29) is 6.09 Å². The van der Waals surface area contributed by atoms with Crippen LogP contribution in [0, 0.1) is 0 Å². The number of nitrogens with zero attached hydrogens (tertiary/aromatic N) is 5. The maximum Gasteiger partial charge on any atom is 0.411 e. The van der Waals surface area contributed by atoms with Gasteiger partial charge in [-0.15, -0.1) is 15.0 Å². The van der Waals surface area contributed by atoms with Gasteiger partial charge in [0.15, 0.2) is 6.33 Å². The highest BCUT2D eigenvalue weighted by molar-refractivity contribution is 5.68. The molecule has 1 saturated heterocycles. The van der Waals surface area contributed by atoms with Gasteiger partial charge in [-0.25, -0.2) is 4.79 Å². The fraction of sp³-hybridized carbons (Fsp3) is 0.600. The third-order valence-corrected chi connectivity index (χ3v) is 1.53. The summed E-state index contributed by atoms with van der Waals surface area (Å²) in [7, 11) is 0. The number of carbonyl (C=O) groups excluding carboxylic acids is 1. The van der Waals surface area contributed by atoms with Gasteiger partial charge < -0.3 is 4.74 Å². The van der Waals surface area contributed by atoms with E-state index in [0.29, 0.717) is 19.8 Å². The quantitative estimate of drug-likeness (QED) is 0.572. The lowest BCUT2D eigenvalue weighted by atomic mass is 10.6. The van der Waals surface area contributed by atoms with Crippen LogP contribution in [0.3, 0.4) is 0 Å². The Morgan fingerprint density at radius 2 is 2.58 bits per heavy atom. The van der Waals surface area contributed by atoms with Crippen molar-refractivity contribution < 1.29 is 9.53 Å². The molecule has 1 aliphatic heterocycles. The van der Waals surface area contributed by atoms with Crippen molar-refractivity contribution in [2.24, 2.45) is 0 Å². The normalized spacial score (nSPS) is 16.7. The Morgan fingerprint density at radius 3 is 3.17 bits per heavy atom. The van der Waals surface area contributed by atoms with E-state index in [4.69, 9.17) is 4.74 Å². The second-order valence-corrected chi connectivity index (χ2v) is 2.33. The number of rotatable bonds is 2. The average Bonchev–Trinajstić information content (AvgIpc) is 2.65. The Kier molecular flexibility index (Phi) is 1.61. The number of amides is 1. The molecule has 1 aromatic rings. The third kappa shape index (κ3) is 1.20. The van der Waals surface area contributed by atoms with Crippen LogP contribution >= 0.6 is 0 Å². The summed E-state index contributed by atoms with van der Waals surface area (Å²) in [4.78, 5) is 13.7. The monoisotopic (exact) mass is 169 g/mol. The van der Waals surface area contributed by atoms with Crippen LogP contribution in [0.1, 0.15) is 0 Å². The van der Waals surface area contributed by atoms with Gasteiger partial charge >= 0.3 is 6.09 Å². The van der Waals surface area contributed by atoms with E-state index in [2.05, 4.69) is 15.4 Å². The van der Waals surface area contributed by atoms with Crippen LogP contribution in [0.15, 0.2) is 6.33 Å². The molecule has 1 fully saturated rings. The molecule has 64 valence electrons. The molecule has 1 amide bonds. The molecule has 0 N–H and O–H groups in total. The minimum Gasteiger partial charge on any atom is -0.447 e. The lowest BCUT2D eigenvalue weighted by Crippen LogP contribution is -2.28. The van der Waals surface area contributed by atoms with Crippen LogP contribution < -0.4 is 0 Å². The molecule has 2 heterocycles. The van der Waals surface area contributed by atoms with E-state index in [1.165, 1.54) is 16.0 Å². The Bertz CT molecular complexity index is 271. The van der Waals surface area contributed by atoms with E-state index in [0.717, 1.165) is 0 Å². The lowest BCUT2D eigenvalue weighted by Gasteiger charge is -2.09. The van der Waals surface area contributed by atoms with Crippen molar-refractivity contribution in [3.8, 4) is 0 Å². The molecule has 0 unspecified atom stereocenters. The molecule has 1 aliphatic rings. The van der Waals surface area contributed by atoms with Gasteiger partial charge in [0.25, 0.3) is 0 Å². The zero-order valence-corrected chi connectivity index (χ0v) is 6.25. The van der Waals surface area contributed by atoms with Crippen molar-refractivity contribution in [3.05, 3.63) is 6.33 Å². The first-order valence-corrected chi connectivity index (χ1v) is 3.49. The van der Waals surface area contributed by atoms with Crippen LogP contribution in [-0.4, -0.2) is 44.4 Å². The van der Waals surface area contributed by atoms with E-state index in [9.17, 15) is 4.79 Å². The Morgan fingerprint density at radius 1 is 1.67 bits per heavy atom. The molecular formula is C5H7N5O2. The lowest BCUT2D eigenvalue weighted by molar-refractivity contribution is 0.147. The molecule has 0 aromatic carbocycles. The number of hydrogen-bond donors (Lipinski definition) is 0. The molecule has 0 radical (unpaired) electrons. The first kappa shape index (κ1) is 7.01. The highest BCUT2D eigenvalue weighted by Gasteiger charge is 2.22. The number of cyclic esters (lactones) is 1. The molecular weight excluding hydrogens is 162 g/mol. The summed E-state index contributed by atoms with van der Waals surface area (Å²) >= 11 is 0. The average molecular weight is 169 g/mol. The van der Waals surface area contributed by atoms with Gasteiger partial charge in [-0.3, -0.25) is 4.90 Å². The summed E-state index contributed by atoms with van der Waals surface area (Å²) < 4.78 is 4.71. The topological polar surface area (TPSA) is 73.1 Å². The van der Waals surface area contributed by atoms with Crippen LogP contribution in [0.4, 0.5) is 4.79 Å². The van der Waals surface area contributed by atoms with Gasteiger partial charge in [-0.05, 0) is 5.21 Å². The van der Waals surface area contributed by atoms with E-state index >= 15 is 0 Å². The number of tetrazole rings is 1. The highest BCUT2D eigenvalue weighted by atomic mass is 16.6. The SMILES string of the molecule is O=C1OCCN1Cn1ncnn1. The standard InChI is InChI=1S/C5H7N5O2/c11-5-9(1-2-12-5)4-10-7-3-6-8-10/h3H,1-2,4H2. The van der Waals surface area contributed by atoms with Crippen LogP contribution in [0.25, 0.3) is 0 Å². The zero-order valence-electron chi connectivity index (χ0n) is 6.25. The van der Waals surface area contributed by atoms with Gasteiger partial charge in [0.2, 0.25) is 0 Å². The smallest absolute Gasteiger partial charge is 0.411 e. The molecule has 7 heteroatoms. The Balaban J connectivity index is 1.99. The summed E-state index contributed by atoms with van der Waals surface area (Å²) in [6.45, 7) is 1.33. The third-order valence-electron chi connectivity index (χ3n) is 1.53. The molecule has 0 atom stereocenters. The summed E-state index contributed by atoms with van der Waals surface area (Å²) in [5.41, 5.74) is 0. The van der Waals surface area contributed by atoms with Crippen molar-refractivity contribution in [2.75, 3.05) is 13.2 Å².